The largest absolute Gasteiger partial charge is 0.494 e. The number of benzene rings is 1. The number of ether oxygens (including phenoxy) is 1. The van der Waals surface area contributed by atoms with Gasteiger partial charge in [-0.25, -0.2) is 4.79 Å². The second-order valence-electron chi connectivity index (χ2n) is 5.58. The van der Waals surface area contributed by atoms with E-state index >= 15 is 0 Å². The van der Waals surface area contributed by atoms with Gasteiger partial charge >= 0.3 is 5.97 Å². The van der Waals surface area contributed by atoms with Gasteiger partial charge in [0.25, 0.3) is 0 Å². The summed E-state index contributed by atoms with van der Waals surface area (Å²) >= 11 is 0. The van der Waals surface area contributed by atoms with Crippen LogP contribution in [0.4, 0.5) is 0 Å². The Morgan fingerprint density at radius 2 is 2.15 bits per heavy atom. The summed E-state index contributed by atoms with van der Waals surface area (Å²) in [5, 5.41) is 8.81. The molecule has 1 N–H and O–H groups in total. The molecule has 0 aliphatic carbocycles. The highest BCUT2D eigenvalue weighted by atomic mass is 16.5. The molecular weight excluding hydrogens is 254 g/mol. The van der Waals surface area contributed by atoms with Gasteiger partial charge in [0.05, 0.1) is 12.2 Å². The van der Waals surface area contributed by atoms with E-state index in [0.717, 1.165) is 24.6 Å². The Morgan fingerprint density at radius 1 is 1.40 bits per heavy atom. The average Bonchev–Trinajstić information content (AvgIpc) is 2.44. The van der Waals surface area contributed by atoms with E-state index in [1.54, 1.807) is 24.3 Å². The van der Waals surface area contributed by atoms with Gasteiger partial charge in [-0.05, 0) is 56.0 Å². The second-order valence-corrected chi connectivity index (χ2v) is 5.58. The highest BCUT2D eigenvalue weighted by Crippen LogP contribution is 2.16. The highest BCUT2D eigenvalue weighted by Gasteiger charge is 2.15. The van der Waals surface area contributed by atoms with Crippen molar-refractivity contribution in [3.8, 4) is 5.75 Å². The van der Waals surface area contributed by atoms with Crippen LogP contribution in [0, 0.1) is 5.92 Å². The number of piperidine rings is 1. The molecule has 1 aromatic rings. The fourth-order valence-corrected chi connectivity index (χ4v) is 2.66. The number of carboxylic acid groups (broad SMARTS) is 1. The summed E-state index contributed by atoms with van der Waals surface area (Å²) < 4.78 is 5.64. The average molecular weight is 277 g/mol. The van der Waals surface area contributed by atoms with E-state index in [1.807, 2.05) is 0 Å². The molecule has 1 fully saturated rings. The third-order valence-electron chi connectivity index (χ3n) is 3.73. The van der Waals surface area contributed by atoms with Gasteiger partial charge in [0, 0.05) is 13.1 Å². The molecule has 20 heavy (non-hydrogen) atoms. The first-order valence-electron chi connectivity index (χ1n) is 7.33. The summed E-state index contributed by atoms with van der Waals surface area (Å²) in [6, 6.07) is 6.58. The maximum absolute atomic E-state index is 10.7. The summed E-state index contributed by atoms with van der Waals surface area (Å²) in [5.41, 5.74) is 0.291. The van der Waals surface area contributed by atoms with Crippen molar-refractivity contribution < 1.29 is 14.6 Å². The highest BCUT2D eigenvalue weighted by molar-refractivity contribution is 5.87. The summed E-state index contributed by atoms with van der Waals surface area (Å²) in [5.74, 6) is 0.644. The van der Waals surface area contributed by atoms with Gasteiger partial charge in [0.2, 0.25) is 0 Å². The lowest BCUT2D eigenvalue weighted by Gasteiger charge is -2.30. The predicted octanol–water partition coefficient (Wildman–Crippen LogP) is 2.89. The first kappa shape index (κ1) is 14.9. The van der Waals surface area contributed by atoms with Gasteiger partial charge in [-0.15, -0.1) is 0 Å². The van der Waals surface area contributed by atoms with Crippen LogP contribution in [0.3, 0.4) is 0 Å². The van der Waals surface area contributed by atoms with Crippen LogP contribution < -0.4 is 4.74 Å². The molecule has 2 rings (SSSR count). The fourth-order valence-electron chi connectivity index (χ4n) is 2.66. The SMILES string of the molecule is C[C@H]1CCCN(CCCOc2ccc(C(=O)O)cc2)C1. The fraction of sp³-hybridized carbons (Fsp3) is 0.562. The Hall–Kier alpha value is -1.55. The first-order valence-corrected chi connectivity index (χ1v) is 7.33. The summed E-state index contributed by atoms with van der Waals surface area (Å²) in [6.07, 6.45) is 3.66. The topological polar surface area (TPSA) is 49.8 Å². The number of nitrogens with zero attached hydrogens (tertiary/aromatic N) is 1. The number of hydrogen-bond donors (Lipinski definition) is 1. The molecule has 0 unspecified atom stereocenters. The van der Waals surface area contributed by atoms with Gasteiger partial charge < -0.3 is 14.7 Å². The molecule has 0 bridgehead atoms. The molecule has 110 valence electrons. The molecule has 1 heterocycles. The minimum atomic E-state index is -0.907. The van der Waals surface area contributed by atoms with Crippen molar-refractivity contribution in [1.29, 1.82) is 0 Å². The van der Waals surface area contributed by atoms with Crippen molar-refractivity contribution in [3.63, 3.8) is 0 Å². The van der Waals surface area contributed by atoms with Crippen LogP contribution in [0.5, 0.6) is 5.75 Å². The summed E-state index contributed by atoms with van der Waals surface area (Å²) in [4.78, 5) is 13.2. The van der Waals surface area contributed by atoms with Crippen LogP contribution in [0.2, 0.25) is 0 Å². The van der Waals surface area contributed by atoms with Crippen molar-refractivity contribution in [2.75, 3.05) is 26.2 Å². The van der Waals surface area contributed by atoms with Crippen LogP contribution in [-0.2, 0) is 0 Å². The Labute approximate surface area is 120 Å². The number of carboxylic acids is 1. The molecular formula is C16H23NO3. The Morgan fingerprint density at radius 3 is 2.80 bits per heavy atom. The van der Waals surface area contributed by atoms with E-state index in [2.05, 4.69) is 11.8 Å². The maximum atomic E-state index is 10.7. The minimum absolute atomic E-state index is 0.291. The van der Waals surface area contributed by atoms with E-state index in [0.29, 0.717) is 12.2 Å². The number of carbonyl (C=O) groups is 1. The monoisotopic (exact) mass is 277 g/mol. The molecule has 4 nitrogen and oxygen atoms in total. The van der Waals surface area contributed by atoms with Crippen LogP contribution in [0.1, 0.15) is 36.5 Å². The molecule has 0 saturated carbocycles. The Kier molecular flexibility index (Phi) is 5.41. The predicted molar refractivity (Wildman–Crippen MR) is 78.4 cm³/mol. The van der Waals surface area contributed by atoms with Crippen LogP contribution in [0.25, 0.3) is 0 Å². The zero-order valence-electron chi connectivity index (χ0n) is 12.0. The molecule has 1 aromatic carbocycles. The van der Waals surface area contributed by atoms with Crippen molar-refractivity contribution in [1.82, 2.24) is 4.90 Å². The van der Waals surface area contributed by atoms with Gasteiger partial charge in [0.1, 0.15) is 5.75 Å². The van der Waals surface area contributed by atoms with Crippen LogP contribution in [-0.4, -0.2) is 42.2 Å². The summed E-state index contributed by atoms with van der Waals surface area (Å²) in [7, 11) is 0. The number of aromatic carboxylic acids is 1. The van der Waals surface area contributed by atoms with E-state index in [-0.39, 0.29) is 0 Å². The van der Waals surface area contributed by atoms with Crippen molar-refractivity contribution in [2.24, 2.45) is 5.92 Å². The van der Waals surface area contributed by atoms with Crippen LogP contribution >= 0.6 is 0 Å². The minimum Gasteiger partial charge on any atom is -0.494 e. The van der Waals surface area contributed by atoms with E-state index in [1.165, 1.54) is 25.9 Å². The van der Waals surface area contributed by atoms with E-state index in [9.17, 15) is 4.79 Å². The van der Waals surface area contributed by atoms with Gasteiger partial charge in [0.15, 0.2) is 0 Å². The lowest BCUT2D eigenvalue weighted by molar-refractivity contribution is 0.0697. The molecule has 4 heteroatoms. The molecule has 1 aliphatic heterocycles. The first-order chi connectivity index (χ1) is 9.65. The van der Waals surface area contributed by atoms with E-state index in [4.69, 9.17) is 9.84 Å². The normalized spacial score (nSPS) is 19.8. The lowest BCUT2D eigenvalue weighted by Crippen LogP contribution is -2.35. The molecule has 0 radical (unpaired) electrons. The van der Waals surface area contributed by atoms with Crippen molar-refractivity contribution in [2.45, 2.75) is 26.2 Å². The number of rotatable bonds is 6. The molecule has 1 aliphatic rings. The third kappa shape index (κ3) is 4.53. The quantitative estimate of drug-likeness (QED) is 0.812. The zero-order valence-corrected chi connectivity index (χ0v) is 12.0. The smallest absolute Gasteiger partial charge is 0.335 e. The zero-order chi connectivity index (χ0) is 14.4. The molecule has 0 aromatic heterocycles. The van der Waals surface area contributed by atoms with E-state index < -0.39 is 5.97 Å². The van der Waals surface area contributed by atoms with Gasteiger partial charge in [-0.1, -0.05) is 6.92 Å². The molecule has 1 atom stereocenters. The number of hydrogen-bond acceptors (Lipinski definition) is 3. The number of likely N-dealkylation sites (tertiary alicyclic amines) is 1. The summed E-state index contributed by atoms with van der Waals surface area (Å²) in [6.45, 7) is 6.48. The third-order valence-corrected chi connectivity index (χ3v) is 3.73. The Bertz CT molecular complexity index is 430. The lowest BCUT2D eigenvalue weighted by atomic mass is 10.0. The maximum Gasteiger partial charge on any atom is 0.335 e. The van der Waals surface area contributed by atoms with Crippen molar-refractivity contribution in [3.05, 3.63) is 29.8 Å². The van der Waals surface area contributed by atoms with Crippen molar-refractivity contribution >= 4 is 5.97 Å². The van der Waals surface area contributed by atoms with Crippen LogP contribution in [0.15, 0.2) is 24.3 Å². The standard InChI is InChI=1S/C16H23NO3/c1-13-4-2-9-17(12-13)10-3-11-20-15-7-5-14(6-8-15)16(18)19/h5-8,13H,2-4,9-12H2,1H3,(H,18,19)/t13-/m0/s1. The molecule has 0 amide bonds. The molecule has 1 saturated heterocycles. The van der Waals surface area contributed by atoms with Gasteiger partial charge in [-0.2, -0.15) is 0 Å². The molecule has 0 spiro atoms. The Balaban J connectivity index is 1.66. The van der Waals surface area contributed by atoms with Gasteiger partial charge in [-0.3, -0.25) is 0 Å². The second kappa shape index (κ2) is 7.29.